The van der Waals surface area contributed by atoms with Crippen molar-refractivity contribution in [2.45, 2.75) is 39.7 Å². The van der Waals surface area contributed by atoms with Gasteiger partial charge in [0.15, 0.2) is 0 Å². The van der Waals surface area contributed by atoms with Crippen LogP contribution in [0, 0.1) is 17.8 Å². The first kappa shape index (κ1) is 13.9. The van der Waals surface area contributed by atoms with Crippen LogP contribution in [0.2, 0.25) is 0 Å². The van der Waals surface area contributed by atoms with Crippen molar-refractivity contribution in [3.8, 4) is 0 Å². The topological polar surface area (TPSA) is 28.2 Å². The van der Waals surface area contributed by atoms with Gasteiger partial charge in [0.05, 0.1) is 0 Å². The van der Waals surface area contributed by atoms with E-state index in [1.165, 1.54) is 43.7 Å². The Morgan fingerprint density at radius 3 is 2.75 bits per heavy atom. The molecule has 1 aromatic rings. The first-order valence-electron chi connectivity index (χ1n) is 8.13. The highest BCUT2D eigenvalue weighted by Crippen LogP contribution is 2.39. The fourth-order valence-corrected chi connectivity index (χ4v) is 3.76. The van der Waals surface area contributed by atoms with Gasteiger partial charge in [0.1, 0.15) is 5.82 Å². The smallest absolute Gasteiger partial charge is 0.133 e. The Labute approximate surface area is 122 Å². The molecule has 3 nitrogen and oxygen atoms in total. The second-order valence-electron chi connectivity index (χ2n) is 6.87. The molecular formula is C17H27N3. The number of nitrogens with zero attached hydrogens (tertiary/aromatic N) is 2. The molecule has 110 valence electrons. The van der Waals surface area contributed by atoms with Crippen molar-refractivity contribution in [1.82, 2.24) is 10.3 Å². The molecule has 0 bridgehead atoms. The average Bonchev–Trinajstić information content (AvgIpc) is 2.99. The van der Waals surface area contributed by atoms with Crippen LogP contribution in [0.25, 0.3) is 0 Å². The fraction of sp³-hybridized carbons (Fsp3) is 0.706. The summed E-state index contributed by atoms with van der Waals surface area (Å²) in [6, 6.07) is 4.29. The van der Waals surface area contributed by atoms with E-state index in [0.717, 1.165) is 24.9 Å². The maximum atomic E-state index is 4.67. The number of fused-ring (bicyclic) bond motifs is 1. The minimum Gasteiger partial charge on any atom is -0.356 e. The van der Waals surface area contributed by atoms with Crippen LogP contribution in [0.15, 0.2) is 18.3 Å². The second-order valence-corrected chi connectivity index (χ2v) is 6.87. The number of pyridine rings is 1. The van der Waals surface area contributed by atoms with Gasteiger partial charge in [0.25, 0.3) is 0 Å². The van der Waals surface area contributed by atoms with E-state index in [-0.39, 0.29) is 0 Å². The van der Waals surface area contributed by atoms with Crippen LogP contribution in [0.3, 0.4) is 0 Å². The molecule has 2 aliphatic rings. The maximum Gasteiger partial charge on any atom is 0.133 e. The molecule has 1 aliphatic heterocycles. The number of anilines is 1. The summed E-state index contributed by atoms with van der Waals surface area (Å²) in [6.45, 7) is 8.95. The van der Waals surface area contributed by atoms with Gasteiger partial charge >= 0.3 is 0 Å². The van der Waals surface area contributed by atoms with Crippen LogP contribution >= 0.6 is 0 Å². The van der Waals surface area contributed by atoms with E-state index in [4.69, 9.17) is 0 Å². The molecule has 3 heteroatoms. The monoisotopic (exact) mass is 273 g/mol. The Balaban J connectivity index is 1.67. The minimum atomic E-state index is 0.696. The van der Waals surface area contributed by atoms with Crippen molar-refractivity contribution in [2.75, 3.05) is 24.5 Å². The van der Waals surface area contributed by atoms with Gasteiger partial charge in [-0.25, -0.2) is 4.98 Å². The molecule has 2 heterocycles. The summed E-state index contributed by atoms with van der Waals surface area (Å²) in [6.07, 6.45) is 6.23. The third kappa shape index (κ3) is 2.98. The lowest BCUT2D eigenvalue weighted by atomic mass is 10.0. The van der Waals surface area contributed by atoms with Gasteiger partial charge in [-0.3, -0.25) is 0 Å². The summed E-state index contributed by atoms with van der Waals surface area (Å²) in [5.74, 6) is 3.77. The Morgan fingerprint density at radius 2 is 2.05 bits per heavy atom. The van der Waals surface area contributed by atoms with Crippen molar-refractivity contribution < 1.29 is 0 Å². The number of aromatic nitrogens is 1. The van der Waals surface area contributed by atoms with Gasteiger partial charge in [-0.1, -0.05) is 26.3 Å². The molecule has 20 heavy (non-hydrogen) atoms. The third-order valence-corrected chi connectivity index (χ3v) is 4.76. The van der Waals surface area contributed by atoms with E-state index >= 15 is 0 Å². The van der Waals surface area contributed by atoms with Gasteiger partial charge in [-0.2, -0.15) is 0 Å². The van der Waals surface area contributed by atoms with E-state index in [1.54, 1.807) is 0 Å². The van der Waals surface area contributed by atoms with Crippen LogP contribution in [0.5, 0.6) is 0 Å². The average molecular weight is 273 g/mol. The van der Waals surface area contributed by atoms with Crippen molar-refractivity contribution in [2.24, 2.45) is 17.8 Å². The van der Waals surface area contributed by atoms with Crippen LogP contribution in [-0.4, -0.2) is 24.6 Å². The second kappa shape index (κ2) is 6.13. The van der Waals surface area contributed by atoms with Crippen LogP contribution in [-0.2, 0) is 6.54 Å². The summed E-state index contributed by atoms with van der Waals surface area (Å²) >= 11 is 0. The van der Waals surface area contributed by atoms with Crippen LogP contribution < -0.4 is 10.2 Å². The zero-order valence-corrected chi connectivity index (χ0v) is 12.8. The quantitative estimate of drug-likeness (QED) is 0.893. The normalized spacial score (nSPS) is 25.4. The predicted octanol–water partition coefficient (Wildman–Crippen LogP) is 3.06. The lowest BCUT2D eigenvalue weighted by Crippen LogP contribution is -2.26. The van der Waals surface area contributed by atoms with Crippen molar-refractivity contribution in [3.63, 3.8) is 0 Å². The fourth-order valence-electron chi connectivity index (χ4n) is 3.76. The minimum absolute atomic E-state index is 0.696. The molecule has 0 aromatic carbocycles. The van der Waals surface area contributed by atoms with Gasteiger partial charge < -0.3 is 10.2 Å². The highest BCUT2D eigenvalue weighted by atomic mass is 15.2. The molecule has 0 amide bonds. The number of hydrogen-bond donors (Lipinski definition) is 1. The maximum absolute atomic E-state index is 4.67. The zero-order chi connectivity index (χ0) is 13.9. The van der Waals surface area contributed by atoms with E-state index in [0.29, 0.717) is 5.92 Å². The Bertz CT molecular complexity index is 432. The van der Waals surface area contributed by atoms with Crippen molar-refractivity contribution in [3.05, 3.63) is 23.9 Å². The lowest BCUT2D eigenvalue weighted by Gasteiger charge is -2.22. The summed E-state index contributed by atoms with van der Waals surface area (Å²) in [5.41, 5.74) is 1.35. The first-order valence-corrected chi connectivity index (χ1v) is 8.13. The lowest BCUT2D eigenvalue weighted by molar-refractivity contribution is 0.494. The summed E-state index contributed by atoms with van der Waals surface area (Å²) in [4.78, 5) is 7.20. The molecule has 0 spiro atoms. The summed E-state index contributed by atoms with van der Waals surface area (Å²) in [7, 11) is 0. The molecule has 1 aromatic heterocycles. The Kier molecular flexibility index (Phi) is 4.25. The van der Waals surface area contributed by atoms with E-state index in [2.05, 4.69) is 41.2 Å². The third-order valence-electron chi connectivity index (χ3n) is 4.76. The number of nitrogens with one attached hydrogen (secondary N) is 1. The zero-order valence-electron chi connectivity index (χ0n) is 12.8. The molecule has 1 saturated heterocycles. The van der Waals surface area contributed by atoms with Crippen LogP contribution in [0.1, 0.15) is 38.7 Å². The molecular weight excluding hydrogens is 246 g/mol. The largest absolute Gasteiger partial charge is 0.356 e. The molecule has 3 rings (SSSR count). The molecule has 2 fully saturated rings. The van der Waals surface area contributed by atoms with Gasteiger partial charge in [-0.15, -0.1) is 0 Å². The number of hydrogen-bond acceptors (Lipinski definition) is 3. The highest BCUT2D eigenvalue weighted by molar-refractivity contribution is 5.48. The Hall–Kier alpha value is -1.09. The number of rotatable bonds is 5. The van der Waals surface area contributed by atoms with Crippen LogP contribution in [0.4, 0.5) is 5.82 Å². The predicted molar refractivity (Wildman–Crippen MR) is 83.8 cm³/mol. The summed E-state index contributed by atoms with van der Waals surface area (Å²) < 4.78 is 0. The van der Waals surface area contributed by atoms with Gasteiger partial charge in [0, 0.05) is 31.4 Å². The summed E-state index contributed by atoms with van der Waals surface area (Å²) in [5, 5.41) is 3.55. The molecule has 2 atom stereocenters. The van der Waals surface area contributed by atoms with Crippen molar-refractivity contribution >= 4 is 5.82 Å². The molecule has 2 unspecified atom stereocenters. The SMILES string of the molecule is CC(C)CNCc1cccnc1N1CC2CCCC2C1. The van der Waals surface area contributed by atoms with E-state index in [1.807, 2.05) is 6.20 Å². The van der Waals surface area contributed by atoms with Crippen molar-refractivity contribution in [1.29, 1.82) is 0 Å². The molecule has 0 radical (unpaired) electrons. The van der Waals surface area contributed by atoms with Gasteiger partial charge in [0.2, 0.25) is 0 Å². The van der Waals surface area contributed by atoms with E-state index < -0.39 is 0 Å². The molecule has 1 aliphatic carbocycles. The standard InChI is InChI=1S/C17H27N3/c1-13(2)9-18-10-14-7-4-8-19-17(14)20-11-15-5-3-6-16(15)12-20/h4,7-8,13,15-16,18H,3,5-6,9-12H2,1-2H3. The molecule has 1 N–H and O–H groups in total. The van der Waals surface area contributed by atoms with Gasteiger partial charge in [-0.05, 0) is 43.2 Å². The highest BCUT2D eigenvalue weighted by Gasteiger charge is 2.36. The first-order chi connectivity index (χ1) is 9.74. The Morgan fingerprint density at radius 1 is 1.30 bits per heavy atom. The molecule has 1 saturated carbocycles. The van der Waals surface area contributed by atoms with E-state index in [9.17, 15) is 0 Å².